The third-order valence-corrected chi connectivity index (χ3v) is 4.83. The molecule has 1 aliphatic rings. The molecule has 1 aliphatic carbocycles. The minimum absolute atomic E-state index is 0.000961. The highest BCUT2D eigenvalue weighted by Gasteiger charge is 2.09. The first-order chi connectivity index (χ1) is 10.2. The number of allylic oxidation sites excluding steroid dienone is 1. The molecule has 0 atom stereocenters. The molecule has 0 spiro atoms. The molecule has 1 amide bonds. The lowest BCUT2D eigenvalue weighted by Crippen LogP contribution is -2.24. The van der Waals surface area contributed by atoms with Crippen molar-refractivity contribution in [2.45, 2.75) is 39.0 Å². The SMILES string of the molecule is Cc1nc2cc(C(=O)NCCC3=CCCCC3)ccc2s1. The van der Waals surface area contributed by atoms with Crippen molar-refractivity contribution < 1.29 is 4.79 Å². The minimum Gasteiger partial charge on any atom is -0.352 e. The highest BCUT2D eigenvalue weighted by atomic mass is 32.1. The van der Waals surface area contributed by atoms with Crippen molar-refractivity contribution in [1.82, 2.24) is 10.3 Å². The Morgan fingerprint density at radius 3 is 3.10 bits per heavy atom. The van der Waals surface area contributed by atoms with Crippen molar-refractivity contribution in [1.29, 1.82) is 0 Å². The molecular weight excluding hydrogens is 280 g/mol. The zero-order valence-electron chi connectivity index (χ0n) is 12.3. The Morgan fingerprint density at radius 2 is 2.29 bits per heavy atom. The zero-order chi connectivity index (χ0) is 14.7. The number of aryl methyl sites for hydroxylation is 1. The summed E-state index contributed by atoms with van der Waals surface area (Å²) in [6.07, 6.45) is 8.30. The van der Waals surface area contributed by atoms with Crippen LogP contribution in [0.4, 0.5) is 0 Å². The fraction of sp³-hybridized carbons (Fsp3) is 0.412. The molecule has 21 heavy (non-hydrogen) atoms. The molecule has 2 aromatic rings. The van der Waals surface area contributed by atoms with E-state index < -0.39 is 0 Å². The molecule has 0 saturated heterocycles. The first-order valence-corrected chi connectivity index (χ1v) is 8.37. The number of benzene rings is 1. The summed E-state index contributed by atoms with van der Waals surface area (Å²) in [5.41, 5.74) is 3.11. The molecule has 110 valence electrons. The Labute approximate surface area is 129 Å². The normalized spacial score (nSPS) is 15.0. The van der Waals surface area contributed by atoms with Gasteiger partial charge in [0.2, 0.25) is 0 Å². The monoisotopic (exact) mass is 300 g/mol. The van der Waals surface area contributed by atoms with Crippen LogP contribution in [0.1, 0.15) is 47.5 Å². The number of thiazole rings is 1. The third kappa shape index (κ3) is 3.50. The Bertz CT molecular complexity index is 687. The predicted molar refractivity (Wildman–Crippen MR) is 87.9 cm³/mol. The minimum atomic E-state index is -0.000961. The summed E-state index contributed by atoms with van der Waals surface area (Å²) in [6, 6.07) is 5.75. The van der Waals surface area contributed by atoms with E-state index in [0.717, 1.165) is 28.2 Å². The standard InChI is InChI=1S/C17H20N2OS/c1-12-19-15-11-14(7-8-16(15)21-12)17(20)18-10-9-13-5-3-2-4-6-13/h5,7-8,11H,2-4,6,9-10H2,1H3,(H,18,20). The van der Waals surface area contributed by atoms with E-state index >= 15 is 0 Å². The van der Waals surface area contributed by atoms with Crippen molar-refractivity contribution in [3.8, 4) is 0 Å². The van der Waals surface area contributed by atoms with Gasteiger partial charge in [-0.1, -0.05) is 11.6 Å². The van der Waals surface area contributed by atoms with Crippen molar-refractivity contribution in [3.63, 3.8) is 0 Å². The fourth-order valence-electron chi connectivity index (χ4n) is 2.75. The fourth-order valence-corrected chi connectivity index (χ4v) is 3.56. The van der Waals surface area contributed by atoms with Gasteiger partial charge in [-0.2, -0.15) is 0 Å². The molecule has 1 aromatic carbocycles. The molecule has 1 aromatic heterocycles. The zero-order valence-corrected chi connectivity index (χ0v) is 13.1. The maximum absolute atomic E-state index is 12.2. The molecule has 0 radical (unpaired) electrons. The van der Waals surface area contributed by atoms with Crippen LogP contribution in [-0.2, 0) is 0 Å². The molecule has 0 unspecified atom stereocenters. The molecule has 1 heterocycles. The Hall–Kier alpha value is -1.68. The number of amides is 1. The summed E-state index contributed by atoms with van der Waals surface area (Å²) < 4.78 is 1.14. The van der Waals surface area contributed by atoms with Crippen LogP contribution >= 0.6 is 11.3 Å². The first kappa shape index (κ1) is 14.3. The van der Waals surface area contributed by atoms with Crippen molar-refractivity contribution in [3.05, 3.63) is 40.4 Å². The molecular formula is C17H20N2OS. The first-order valence-electron chi connectivity index (χ1n) is 7.56. The second-order valence-electron chi connectivity index (χ2n) is 5.53. The average Bonchev–Trinajstić information content (AvgIpc) is 2.87. The maximum Gasteiger partial charge on any atom is 0.251 e. The van der Waals surface area contributed by atoms with Gasteiger partial charge in [0.1, 0.15) is 0 Å². The van der Waals surface area contributed by atoms with Gasteiger partial charge in [0.15, 0.2) is 0 Å². The van der Waals surface area contributed by atoms with E-state index in [-0.39, 0.29) is 5.91 Å². The van der Waals surface area contributed by atoms with Gasteiger partial charge >= 0.3 is 0 Å². The van der Waals surface area contributed by atoms with E-state index in [0.29, 0.717) is 5.56 Å². The van der Waals surface area contributed by atoms with Crippen molar-refractivity contribution in [2.75, 3.05) is 6.54 Å². The number of hydrogen-bond acceptors (Lipinski definition) is 3. The van der Waals surface area contributed by atoms with E-state index in [1.165, 1.54) is 31.3 Å². The topological polar surface area (TPSA) is 42.0 Å². The number of rotatable bonds is 4. The van der Waals surface area contributed by atoms with Crippen LogP contribution in [0, 0.1) is 6.92 Å². The van der Waals surface area contributed by atoms with E-state index in [4.69, 9.17) is 0 Å². The highest BCUT2D eigenvalue weighted by Crippen LogP contribution is 2.22. The molecule has 3 rings (SSSR count). The van der Waals surface area contributed by atoms with Crippen LogP contribution in [0.15, 0.2) is 29.8 Å². The summed E-state index contributed by atoms with van der Waals surface area (Å²) in [6.45, 7) is 2.71. The smallest absolute Gasteiger partial charge is 0.251 e. The lowest BCUT2D eigenvalue weighted by Gasteiger charge is -2.12. The number of fused-ring (bicyclic) bond motifs is 1. The van der Waals surface area contributed by atoms with Crippen LogP contribution < -0.4 is 5.32 Å². The van der Waals surface area contributed by atoms with Gasteiger partial charge in [-0.05, 0) is 57.2 Å². The van der Waals surface area contributed by atoms with Gasteiger partial charge in [-0.25, -0.2) is 4.98 Å². The number of carbonyl (C=O) groups excluding carboxylic acids is 1. The Balaban J connectivity index is 1.59. The van der Waals surface area contributed by atoms with Crippen LogP contribution in [0.25, 0.3) is 10.2 Å². The Kier molecular flexibility index (Phi) is 4.34. The molecule has 4 heteroatoms. The average molecular weight is 300 g/mol. The number of hydrogen-bond donors (Lipinski definition) is 1. The van der Waals surface area contributed by atoms with Crippen LogP contribution in [0.5, 0.6) is 0 Å². The molecule has 0 aliphatic heterocycles. The molecule has 0 fully saturated rings. The summed E-state index contributed by atoms with van der Waals surface area (Å²) in [5, 5.41) is 4.05. The molecule has 3 nitrogen and oxygen atoms in total. The quantitative estimate of drug-likeness (QED) is 0.859. The lowest BCUT2D eigenvalue weighted by molar-refractivity contribution is 0.0954. The predicted octanol–water partition coefficient (Wildman–Crippen LogP) is 4.23. The lowest BCUT2D eigenvalue weighted by atomic mass is 9.97. The number of nitrogens with one attached hydrogen (secondary N) is 1. The van der Waals surface area contributed by atoms with Crippen LogP contribution in [0.3, 0.4) is 0 Å². The van der Waals surface area contributed by atoms with Crippen molar-refractivity contribution in [2.24, 2.45) is 0 Å². The second kappa shape index (κ2) is 6.39. The van der Waals surface area contributed by atoms with E-state index in [9.17, 15) is 4.79 Å². The van der Waals surface area contributed by atoms with Gasteiger partial charge in [-0.3, -0.25) is 4.79 Å². The number of aromatic nitrogens is 1. The summed E-state index contributed by atoms with van der Waals surface area (Å²) >= 11 is 1.66. The van der Waals surface area contributed by atoms with Gasteiger partial charge in [0, 0.05) is 12.1 Å². The third-order valence-electron chi connectivity index (χ3n) is 3.87. The van der Waals surface area contributed by atoms with Gasteiger partial charge in [-0.15, -0.1) is 11.3 Å². The largest absolute Gasteiger partial charge is 0.352 e. The summed E-state index contributed by atoms with van der Waals surface area (Å²) in [5.74, 6) is -0.000961. The molecule has 1 N–H and O–H groups in total. The van der Waals surface area contributed by atoms with Gasteiger partial charge < -0.3 is 5.32 Å². The summed E-state index contributed by atoms with van der Waals surface area (Å²) in [4.78, 5) is 16.6. The Morgan fingerprint density at radius 1 is 1.38 bits per heavy atom. The number of carbonyl (C=O) groups is 1. The maximum atomic E-state index is 12.2. The van der Waals surface area contributed by atoms with Crippen LogP contribution in [-0.4, -0.2) is 17.4 Å². The van der Waals surface area contributed by atoms with Crippen molar-refractivity contribution >= 4 is 27.5 Å². The van der Waals surface area contributed by atoms with E-state index in [2.05, 4.69) is 16.4 Å². The molecule has 0 saturated carbocycles. The van der Waals surface area contributed by atoms with E-state index in [1.807, 2.05) is 25.1 Å². The molecule has 0 bridgehead atoms. The second-order valence-corrected chi connectivity index (χ2v) is 6.76. The van der Waals surface area contributed by atoms with Gasteiger partial charge in [0.25, 0.3) is 5.91 Å². The summed E-state index contributed by atoms with van der Waals surface area (Å²) in [7, 11) is 0. The van der Waals surface area contributed by atoms with Gasteiger partial charge in [0.05, 0.1) is 15.2 Å². The highest BCUT2D eigenvalue weighted by molar-refractivity contribution is 7.18. The number of nitrogens with zero attached hydrogens (tertiary/aromatic N) is 1. The van der Waals surface area contributed by atoms with Crippen LogP contribution in [0.2, 0.25) is 0 Å². The van der Waals surface area contributed by atoms with E-state index in [1.54, 1.807) is 11.3 Å².